The second-order valence-corrected chi connectivity index (χ2v) is 10.7. The lowest BCUT2D eigenvalue weighted by molar-refractivity contribution is 0.102. The first-order chi connectivity index (χ1) is 15.1. The zero-order valence-electron chi connectivity index (χ0n) is 16.9. The van der Waals surface area contributed by atoms with Crippen molar-refractivity contribution in [2.24, 2.45) is 0 Å². The van der Waals surface area contributed by atoms with Crippen LogP contribution in [0.5, 0.6) is 0 Å². The van der Waals surface area contributed by atoms with Gasteiger partial charge in [-0.2, -0.15) is 0 Å². The monoisotopic (exact) mass is 493 g/mol. The van der Waals surface area contributed by atoms with E-state index >= 15 is 0 Å². The Morgan fingerprint density at radius 3 is 2.00 bits per heavy atom. The van der Waals surface area contributed by atoms with Crippen molar-refractivity contribution in [3.8, 4) is 0 Å². The van der Waals surface area contributed by atoms with Crippen molar-refractivity contribution in [3.05, 3.63) is 83.4 Å². The minimum Gasteiger partial charge on any atom is -0.322 e. The van der Waals surface area contributed by atoms with Crippen LogP contribution in [0, 0.1) is 0 Å². The van der Waals surface area contributed by atoms with Crippen molar-refractivity contribution in [1.29, 1.82) is 0 Å². The predicted molar refractivity (Wildman–Crippen MR) is 126 cm³/mol. The van der Waals surface area contributed by atoms with Crippen molar-refractivity contribution in [2.75, 3.05) is 20.5 Å². The molecule has 0 saturated carbocycles. The van der Waals surface area contributed by atoms with E-state index < -0.39 is 26.0 Å². The van der Waals surface area contributed by atoms with E-state index in [0.29, 0.717) is 16.9 Å². The zero-order valence-corrected chi connectivity index (χ0v) is 19.3. The molecule has 0 heterocycles. The molecule has 0 atom stereocenters. The molecule has 8 nitrogen and oxygen atoms in total. The Hall–Kier alpha value is -3.08. The molecule has 0 aliphatic heterocycles. The first-order valence-corrected chi connectivity index (χ1v) is 12.9. The summed E-state index contributed by atoms with van der Waals surface area (Å²) in [5, 5.41) is 2.93. The average Bonchev–Trinajstić information content (AvgIpc) is 2.76. The van der Waals surface area contributed by atoms with E-state index in [1.807, 2.05) is 0 Å². The quantitative estimate of drug-likeness (QED) is 0.435. The second kappa shape index (κ2) is 9.60. The van der Waals surface area contributed by atoms with Crippen molar-refractivity contribution in [3.63, 3.8) is 0 Å². The number of amides is 1. The maximum atomic E-state index is 12.6. The van der Waals surface area contributed by atoms with Gasteiger partial charge in [-0.15, -0.1) is 0 Å². The lowest BCUT2D eigenvalue weighted by atomic mass is 10.2. The van der Waals surface area contributed by atoms with Crippen LogP contribution >= 0.6 is 11.6 Å². The SMILES string of the molecule is CCS(=O)(=O)Nc1ccc(C(=O)Nc2ccc(S(=O)(=O)Nc3ccccc3Cl)cc2)cc1. The third kappa shape index (κ3) is 6.00. The molecule has 3 rings (SSSR count). The van der Waals surface area contributed by atoms with E-state index in [4.69, 9.17) is 11.6 Å². The van der Waals surface area contributed by atoms with Crippen molar-refractivity contribution >= 4 is 54.6 Å². The Labute approximate surface area is 191 Å². The molecule has 168 valence electrons. The van der Waals surface area contributed by atoms with Crippen LogP contribution in [-0.2, 0) is 20.0 Å². The van der Waals surface area contributed by atoms with Crippen molar-refractivity contribution < 1.29 is 21.6 Å². The van der Waals surface area contributed by atoms with Gasteiger partial charge in [0, 0.05) is 16.9 Å². The molecule has 0 spiro atoms. The van der Waals surface area contributed by atoms with Crippen LogP contribution in [0.2, 0.25) is 5.02 Å². The lowest BCUT2D eigenvalue weighted by Gasteiger charge is -2.11. The van der Waals surface area contributed by atoms with Crippen LogP contribution in [-0.4, -0.2) is 28.5 Å². The molecule has 1 amide bonds. The lowest BCUT2D eigenvalue weighted by Crippen LogP contribution is -2.15. The molecule has 0 aliphatic carbocycles. The molecule has 3 N–H and O–H groups in total. The largest absolute Gasteiger partial charge is 0.322 e. The van der Waals surface area contributed by atoms with Gasteiger partial charge in [0.2, 0.25) is 10.0 Å². The fourth-order valence-corrected chi connectivity index (χ4v) is 4.57. The highest BCUT2D eigenvalue weighted by molar-refractivity contribution is 7.93. The van der Waals surface area contributed by atoms with Crippen LogP contribution < -0.4 is 14.8 Å². The summed E-state index contributed by atoms with van der Waals surface area (Å²) < 4.78 is 53.1. The van der Waals surface area contributed by atoms with E-state index in [0.717, 1.165) is 0 Å². The Kier molecular flexibility index (Phi) is 7.07. The predicted octanol–water partition coefficient (Wildman–Crippen LogP) is 4.15. The molecule has 0 fully saturated rings. The van der Waals surface area contributed by atoms with Gasteiger partial charge < -0.3 is 5.32 Å². The molecule has 11 heteroatoms. The number of rotatable bonds is 8. The number of carbonyl (C=O) groups excluding carboxylic acids is 1. The highest BCUT2D eigenvalue weighted by Crippen LogP contribution is 2.24. The van der Waals surface area contributed by atoms with Gasteiger partial charge in [-0.3, -0.25) is 14.2 Å². The number of carbonyl (C=O) groups is 1. The first-order valence-electron chi connectivity index (χ1n) is 9.39. The van der Waals surface area contributed by atoms with Crippen molar-refractivity contribution in [1.82, 2.24) is 0 Å². The summed E-state index contributed by atoms with van der Waals surface area (Å²) in [5.74, 6) is -0.491. The molecule has 0 aliphatic rings. The molecule has 0 radical (unpaired) electrons. The summed E-state index contributed by atoms with van der Waals surface area (Å²) >= 11 is 6.00. The molecule has 0 unspecified atom stereocenters. The summed E-state index contributed by atoms with van der Waals surface area (Å²) in [6, 6.07) is 18.0. The summed E-state index contributed by atoms with van der Waals surface area (Å²) in [5.41, 5.74) is 1.31. The van der Waals surface area contributed by atoms with Crippen molar-refractivity contribution in [2.45, 2.75) is 11.8 Å². The standard InChI is InChI=1S/C21H20ClN3O5S2/c1-2-31(27,28)24-17-9-7-15(8-10-17)21(26)23-16-11-13-18(14-12-16)32(29,30)25-20-6-4-3-5-19(20)22/h3-14,24-25H,2H2,1H3,(H,23,26). The van der Waals surface area contributed by atoms with E-state index in [9.17, 15) is 21.6 Å². The molecular formula is C21H20ClN3O5S2. The van der Waals surface area contributed by atoms with Gasteiger partial charge >= 0.3 is 0 Å². The average molecular weight is 494 g/mol. The number of halogens is 1. The van der Waals surface area contributed by atoms with Crippen LogP contribution in [0.3, 0.4) is 0 Å². The number of hydrogen-bond donors (Lipinski definition) is 3. The van der Waals surface area contributed by atoms with Gasteiger partial charge in [0.1, 0.15) is 0 Å². The topological polar surface area (TPSA) is 121 Å². The number of sulfonamides is 2. The van der Waals surface area contributed by atoms with Gasteiger partial charge in [-0.25, -0.2) is 16.8 Å². The maximum absolute atomic E-state index is 12.6. The fraction of sp³-hybridized carbons (Fsp3) is 0.0952. The number of anilines is 3. The van der Waals surface area contributed by atoms with E-state index in [-0.39, 0.29) is 21.4 Å². The third-order valence-corrected chi connectivity index (χ3v) is 7.36. The summed E-state index contributed by atoms with van der Waals surface area (Å²) in [4.78, 5) is 12.4. The number of nitrogens with one attached hydrogen (secondary N) is 3. The number of benzene rings is 3. The highest BCUT2D eigenvalue weighted by Gasteiger charge is 2.16. The van der Waals surface area contributed by atoms with Crippen LogP contribution in [0.15, 0.2) is 77.7 Å². The Morgan fingerprint density at radius 1 is 0.812 bits per heavy atom. The smallest absolute Gasteiger partial charge is 0.261 e. The second-order valence-electron chi connectivity index (χ2n) is 6.65. The number of para-hydroxylation sites is 1. The molecule has 3 aromatic carbocycles. The third-order valence-electron chi connectivity index (χ3n) is 4.34. The Bertz CT molecular complexity index is 1320. The normalized spacial score (nSPS) is 11.6. The summed E-state index contributed by atoms with van der Waals surface area (Å²) in [7, 11) is -7.26. The molecule has 0 aromatic heterocycles. The minimum atomic E-state index is -3.86. The van der Waals surface area contributed by atoms with Gasteiger partial charge in [-0.1, -0.05) is 23.7 Å². The van der Waals surface area contributed by atoms with Gasteiger partial charge in [0.05, 0.1) is 21.4 Å². The van der Waals surface area contributed by atoms with Gasteiger partial charge in [-0.05, 0) is 67.6 Å². The minimum absolute atomic E-state index is 0.00276. The van der Waals surface area contributed by atoms with Gasteiger partial charge in [0.15, 0.2) is 0 Å². The van der Waals surface area contributed by atoms with Crippen LogP contribution in [0.1, 0.15) is 17.3 Å². The Morgan fingerprint density at radius 2 is 1.41 bits per heavy atom. The fourth-order valence-electron chi connectivity index (χ4n) is 2.61. The van der Waals surface area contributed by atoms with Crippen LogP contribution in [0.25, 0.3) is 0 Å². The Balaban J connectivity index is 1.67. The number of hydrogen-bond acceptors (Lipinski definition) is 5. The highest BCUT2D eigenvalue weighted by atomic mass is 35.5. The molecule has 32 heavy (non-hydrogen) atoms. The first kappa shape index (κ1) is 23.6. The molecule has 0 bridgehead atoms. The molecule has 3 aromatic rings. The summed E-state index contributed by atoms with van der Waals surface area (Å²) in [6.45, 7) is 1.52. The van der Waals surface area contributed by atoms with E-state index in [1.54, 1.807) is 24.3 Å². The van der Waals surface area contributed by atoms with E-state index in [1.165, 1.54) is 55.5 Å². The maximum Gasteiger partial charge on any atom is 0.261 e. The summed E-state index contributed by atoms with van der Waals surface area (Å²) in [6.07, 6.45) is 0. The molecule has 0 saturated heterocycles. The van der Waals surface area contributed by atoms with E-state index in [2.05, 4.69) is 14.8 Å². The zero-order chi connectivity index (χ0) is 23.4. The van der Waals surface area contributed by atoms with Crippen LogP contribution in [0.4, 0.5) is 17.1 Å². The molecular weight excluding hydrogens is 474 g/mol. The van der Waals surface area contributed by atoms with Gasteiger partial charge in [0.25, 0.3) is 15.9 Å².